The molecule has 3 rings (SSSR count). The molecule has 3 aromatic rings. The van der Waals surface area contributed by atoms with Crippen LogP contribution in [0.4, 0.5) is 10.8 Å². The van der Waals surface area contributed by atoms with Crippen LogP contribution in [0.25, 0.3) is 11.3 Å². The number of rotatable bonds is 4. The molecule has 0 bridgehead atoms. The number of nitrogens with zero attached hydrogens (tertiary/aromatic N) is 2. The van der Waals surface area contributed by atoms with Crippen molar-refractivity contribution in [2.24, 2.45) is 0 Å². The Hall–Kier alpha value is -2.58. The number of amides is 1. The van der Waals surface area contributed by atoms with Gasteiger partial charge in [-0.1, -0.05) is 12.1 Å². The van der Waals surface area contributed by atoms with Crippen LogP contribution in [0.2, 0.25) is 0 Å². The van der Waals surface area contributed by atoms with Crippen LogP contribution in [0, 0.1) is 24.0 Å². The zero-order valence-electron chi connectivity index (χ0n) is 12.9. The van der Waals surface area contributed by atoms with Crippen LogP contribution in [-0.4, -0.2) is 15.8 Å². The molecule has 0 aliphatic heterocycles. The van der Waals surface area contributed by atoms with Gasteiger partial charge in [-0.2, -0.15) is 0 Å². The fourth-order valence-electron chi connectivity index (χ4n) is 2.14. The Morgan fingerprint density at radius 1 is 1.25 bits per heavy atom. The molecular weight excluding hydrogens is 346 g/mol. The number of hydrogen-bond acceptors (Lipinski definition) is 6. The number of carbonyl (C=O) groups is 1. The van der Waals surface area contributed by atoms with Crippen LogP contribution in [0.3, 0.4) is 0 Å². The van der Waals surface area contributed by atoms with Crippen LogP contribution in [-0.2, 0) is 0 Å². The minimum Gasteiger partial charge on any atom is -0.297 e. The van der Waals surface area contributed by atoms with Gasteiger partial charge in [0.25, 0.3) is 11.6 Å². The molecule has 0 fully saturated rings. The third kappa shape index (κ3) is 3.34. The maximum Gasteiger partial charge on any atom is 0.272 e. The van der Waals surface area contributed by atoms with Crippen LogP contribution in [0.1, 0.15) is 20.1 Å². The van der Waals surface area contributed by atoms with E-state index >= 15 is 0 Å². The number of benzene rings is 1. The molecule has 0 spiro atoms. The highest BCUT2D eigenvalue weighted by atomic mass is 32.1. The standard InChI is InChI=1S/C16H13N3O3S2/c1-9-3-5-11(7-13(9)19(21)22)12-8-23-16(17-12)18-15(20)14-6-4-10(2)24-14/h3-8H,1-2H3,(H,17,18,20). The fraction of sp³-hybridized carbons (Fsp3) is 0.125. The van der Waals surface area contributed by atoms with Crippen molar-refractivity contribution in [3.8, 4) is 11.3 Å². The Kier molecular flexibility index (Phi) is 4.41. The first-order valence-electron chi connectivity index (χ1n) is 7.03. The van der Waals surface area contributed by atoms with E-state index in [1.807, 2.05) is 13.0 Å². The van der Waals surface area contributed by atoms with Crippen LogP contribution in [0.5, 0.6) is 0 Å². The number of aromatic nitrogens is 1. The van der Waals surface area contributed by atoms with Crippen molar-refractivity contribution in [2.75, 3.05) is 5.32 Å². The number of thiazole rings is 1. The van der Waals surface area contributed by atoms with E-state index in [4.69, 9.17) is 0 Å². The summed E-state index contributed by atoms with van der Waals surface area (Å²) in [7, 11) is 0. The molecule has 2 aromatic heterocycles. The topological polar surface area (TPSA) is 85.1 Å². The maximum absolute atomic E-state index is 12.1. The lowest BCUT2D eigenvalue weighted by molar-refractivity contribution is -0.385. The van der Waals surface area contributed by atoms with Crippen molar-refractivity contribution >= 4 is 39.4 Å². The number of nitro groups is 1. The largest absolute Gasteiger partial charge is 0.297 e. The van der Waals surface area contributed by atoms with E-state index in [9.17, 15) is 14.9 Å². The second-order valence-corrected chi connectivity index (χ2v) is 7.31. The first kappa shape index (κ1) is 16.3. The number of hydrogen-bond donors (Lipinski definition) is 1. The van der Waals surface area contributed by atoms with Gasteiger partial charge in [0.05, 0.1) is 15.5 Å². The predicted octanol–water partition coefficient (Wildman–Crippen LogP) is 4.65. The van der Waals surface area contributed by atoms with E-state index in [1.54, 1.807) is 30.5 Å². The van der Waals surface area contributed by atoms with E-state index in [0.717, 1.165) is 4.88 Å². The highest BCUT2D eigenvalue weighted by molar-refractivity contribution is 7.15. The molecule has 0 aliphatic rings. The molecular formula is C16H13N3O3S2. The minimum atomic E-state index is -0.410. The molecule has 0 saturated heterocycles. The minimum absolute atomic E-state index is 0.0557. The third-order valence-corrected chi connectivity index (χ3v) is 5.15. The summed E-state index contributed by atoms with van der Waals surface area (Å²) in [5.41, 5.74) is 1.90. The Morgan fingerprint density at radius 3 is 2.71 bits per heavy atom. The van der Waals surface area contributed by atoms with Crippen LogP contribution >= 0.6 is 22.7 Å². The Balaban J connectivity index is 1.82. The SMILES string of the molecule is Cc1ccc(C(=O)Nc2nc(-c3ccc(C)c([N+](=O)[O-])c3)cs2)s1. The monoisotopic (exact) mass is 359 g/mol. The highest BCUT2D eigenvalue weighted by Gasteiger charge is 2.15. The third-order valence-electron chi connectivity index (χ3n) is 3.39. The number of nitro benzene ring substituents is 1. The van der Waals surface area contributed by atoms with Gasteiger partial charge >= 0.3 is 0 Å². The molecule has 6 nitrogen and oxygen atoms in total. The van der Waals surface area contributed by atoms with E-state index in [-0.39, 0.29) is 11.6 Å². The van der Waals surface area contributed by atoms with Gasteiger partial charge in [-0.05, 0) is 26.0 Å². The van der Waals surface area contributed by atoms with E-state index < -0.39 is 4.92 Å². The zero-order chi connectivity index (χ0) is 17.3. The Morgan fingerprint density at radius 2 is 2.04 bits per heavy atom. The maximum atomic E-state index is 12.1. The molecule has 8 heteroatoms. The lowest BCUT2D eigenvalue weighted by Crippen LogP contribution is -2.09. The van der Waals surface area contributed by atoms with Crippen molar-refractivity contribution in [1.82, 2.24) is 4.98 Å². The summed E-state index contributed by atoms with van der Waals surface area (Å²) >= 11 is 2.70. The molecule has 0 saturated carbocycles. The molecule has 1 amide bonds. The van der Waals surface area contributed by atoms with E-state index in [1.165, 1.54) is 28.7 Å². The molecule has 1 N–H and O–H groups in total. The predicted molar refractivity (Wildman–Crippen MR) is 96.0 cm³/mol. The van der Waals surface area contributed by atoms with Crippen molar-refractivity contribution in [2.45, 2.75) is 13.8 Å². The van der Waals surface area contributed by atoms with Gasteiger partial charge in [0.1, 0.15) is 0 Å². The quantitative estimate of drug-likeness (QED) is 0.543. The molecule has 2 heterocycles. The van der Waals surface area contributed by atoms with Gasteiger partial charge in [-0.15, -0.1) is 22.7 Å². The van der Waals surface area contributed by atoms with Crippen molar-refractivity contribution < 1.29 is 9.72 Å². The first-order valence-corrected chi connectivity index (χ1v) is 8.72. The second-order valence-electron chi connectivity index (χ2n) is 5.16. The lowest BCUT2D eigenvalue weighted by Gasteiger charge is -2.01. The molecule has 24 heavy (non-hydrogen) atoms. The molecule has 1 aromatic carbocycles. The average Bonchev–Trinajstić information content (AvgIpc) is 3.16. The number of nitrogens with one attached hydrogen (secondary N) is 1. The van der Waals surface area contributed by atoms with Crippen LogP contribution in [0.15, 0.2) is 35.7 Å². The summed E-state index contributed by atoms with van der Waals surface area (Å²) in [5.74, 6) is -0.205. The first-order chi connectivity index (χ1) is 11.4. The van der Waals surface area contributed by atoms with Gasteiger partial charge in [-0.3, -0.25) is 20.2 Å². The molecule has 0 unspecified atom stereocenters. The van der Waals surface area contributed by atoms with Crippen molar-refractivity contribution in [1.29, 1.82) is 0 Å². The van der Waals surface area contributed by atoms with Gasteiger partial charge in [0.15, 0.2) is 5.13 Å². The van der Waals surface area contributed by atoms with Crippen molar-refractivity contribution in [3.63, 3.8) is 0 Å². The number of thiophene rings is 1. The number of aryl methyl sites for hydroxylation is 2. The molecule has 0 radical (unpaired) electrons. The summed E-state index contributed by atoms with van der Waals surface area (Å²) in [6, 6.07) is 8.63. The van der Waals surface area contributed by atoms with Crippen molar-refractivity contribution in [3.05, 3.63) is 61.1 Å². The number of carbonyl (C=O) groups excluding carboxylic acids is 1. The Bertz CT molecular complexity index is 930. The summed E-state index contributed by atoms with van der Waals surface area (Å²) in [4.78, 5) is 28.8. The molecule has 122 valence electrons. The van der Waals surface area contributed by atoms with E-state index in [2.05, 4.69) is 10.3 Å². The molecule has 0 aliphatic carbocycles. The fourth-order valence-corrected chi connectivity index (χ4v) is 3.62. The summed E-state index contributed by atoms with van der Waals surface area (Å²) in [5, 5.41) is 16.0. The van der Waals surface area contributed by atoms with Gasteiger partial charge in [0, 0.05) is 27.5 Å². The van der Waals surface area contributed by atoms with Gasteiger partial charge in [0.2, 0.25) is 0 Å². The average molecular weight is 359 g/mol. The zero-order valence-corrected chi connectivity index (χ0v) is 14.5. The molecule has 0 atom stereocenters. The Labute approximate surface area is 146 Å². The highest BCUT2D eigenvalue weighted by Crippen LogP contribution is 2.29. The van der Waals surface area contributed by atoms with Crippen LogP contribution < -0.4 is 5.32 Å². The smallest absolute Gasteiger partial charge is 0.272 e. The summed E-state index contributed by atoms with van der Waals surface area (Å²) < 4.78 is 0. The summed E-state index contributed by atoms with van der Waals surface area (Å²) in [6.45, 7) is 3.63. The van der Waals surface area contributed by atoms with Gasteiger partial charge < -0.3 is 0 Å². The second kappa shape index (κ2) is 6.50. The normalized spacial score (nSPS) is 10.6. The number of anilines is 1. The lowest BCUT2D eigenvalue weighted by atomic mass is 10.1. The van der Waals surface area contributed by atoms with E-state index in [0.29, 0.717) is 26.8 Å². The summed E-state index contributed by atoms with van der Waals surface area (Å²) in [6.07, 6.45) is 0. The van der Waals surface area contributed by atoms with Gasteiger partial charge in [-0.25, -0.2) is 4.98 Å².